The third kappa shape index (κ3) is 5.17. The fourth-order valence-electron chi connectivity index (χ4n) is 3.09. The normalized spacial score (nSPS) is 11.4. The Balaban J connectivity index is 2.02. The first-order valence-electron chi connectivity index (χ1n) is 9.40. The lowest BCUT2D eigenvalue weighted by Crippen LogP contribution is -2.43. The number of nitrogen functional groups attached to an aromatic ring is 1. The number of anilines is 2. The van der Waals surface area contributed by atoms with Crippen LogP contribution in [0.1, 0.15) is 18.0 Å². The molecular weight excluding hydrogens is 417 g/mol. The predicted molar refractivity (Wildman–Crippen MR) is 115 cm³/mol. The number of amides is 3. The fraction of sp³-hybridized carbons (Fsp3) is 0.0909. The Morgan fingerprint density at radius 1 is 1.03 bits per heavy atom. The van der Waals surface area contributed by atoms with E-state index >= 15 is 0 Å². The zero-order valence-electron chi connectivity index (χ0n) is 16.8. The van der Waals surface area contributed by atoms with Crippen LogP contribution in [0.2, 0.25) is 0 Å². The topological polar surface area (TPSA) is 155 Å². The van der Waals surface area contributed by atoms with Crippen LogP contribution in [0.5, 0.6) is 11.5 Å². The van der Waals surface area contributed by atoms with Crippen molar-refractivity contribution in [3.05, 3.63) is 78.2 Å². The van der Waals surface area contributed by atoms with Gasteiger partial charge in [0.15, 0.2) is 11.6 Å². The van der Waals surface area contributed by atoms with Crippen molar-refractivity contribution in [1.82, 2.24) is 4.98 Å². The summed E-state index contributed by atoms with van der Waals surface area (Å²) >= 11 is 0. The highest BCUT2D eigenvalue weighted by molar-refractivity contribution is 6.08. The molecule has 9 nitrogen and oxygen atoms in total. The number of primary amides is 2. The standard InChI is InChI=1S/C22H20FN5O4/c23-16-10-14(6-7-17(16)32-15-8-9-27-18(24)11-15)28(20(30)12-19(25)29)21(22(26)31)13-4-2-1-3-5-13/h1-11,21H,12H2,(H2,24,27)(H2,25,29)(H2,26,31)/t21-/m0/s1. The van der Waals surface area contributed by atoms with Gasteiger partial charge in [0.1, 0.15) is 24.0 Å². The van der Waals surface area contributed by atoms with E-state index in [1.54, 1.807) is 30.3 Å². The van der Waals surface area contributed by atoms with Gasteiger partial charge in [-0.05, 0) is 23.8 Å². The van der Waals surface area contributed by atoms with Crippen LogP contribution >= 0.6 is 0 Å². The molecule has 1 heterocycles. The van der Waals surface area contributed by atoms with E-state index in [1.807, 2.05) is 0 Å². The lowest BCUT2D eigenvalue weighted by molar-refractivity contribution is -0.128. The summed E-state index contributed by atoms with van der Waals surface area (Å²) in [5.74, 6) is -3.14. The second-order valence-corrected chi connectivity index (χ2v) is 6.76. The molecule has 6 N–H and O–H groups in total. The Hall–Kier alpha value is -4.47. The van der Waals surface area contributed by atoms with Gasteiger partial charge in [-0.2, -0.15) is 0 Å². The van der Waals surface area contributed by atoms with Crippen molar-refractivity contribution in [2.24, 2.45) is 11.5 Å². The summed E-state index contributed by atoms with van der Waals surface area (Å²) in [4.78, 5) is 41.3. The monoisotopic (exact) mass is 437 g/mol. The van der Waals surface area contributed by atoms with Crippen LogP contribution in [-0.4, -0.2) is 22.7 Å². The molecule has 2 aromatic carbocycles. The Kier molecular flexibility index (Phi) is 6.64. The lowest BCUT2D eigenvalue weighted by Gasteiger charge is -2.30. The molecule has 3 aromatic rings. The van der Waals surface area contributed by atoms with Gasteiger partial charge in [-0.15, -0.1) is 0 Å². The maximum atomic E-state index is 14.9. The summed E-state index contributed by atoms with van der Waals surface area (Å²) < 4.78 is 20.4. The number of halogens is 1. The van der Waals surface area contributed by atoms with Crippen molar-refractivity contribution in [2.45, 2.75) is 12.5 Å². The third-order valence-electron chi connectivity index (χ3n) is 4.41. The smallest absolute Gasteiger partial charge is 0.245 e. The van der Waals surface area contributed by atoms with Crippen molar-refractivity contribution in [3.8, 4) is 11.5 Å². The fourth-order valence-corrected chi connectivity index (χ4v) is 3.09. The van der Waals surface area contributed by atoms with E-state index in [0.717, 1.165) is 11.0 Å². The minimum absolute atomic E-state index is 0.0111. The Morgan fingerprint density at radius 2 is 1.75 bits per heavy atom. The van der Waals surface area contributed by atoms with Crippen LogP contribution in [-0.2, 0) is 14.4 Å². The molecule has 0 fully saturated rings. The number of hydrogen-bond donors (Lipinski definition) is 3. The molecule has 0 radical (unpaired) electrons. The molecule has 1 atom stereocenters. The number of carbonyl (C=O) groups is 3. The molecule has 3 rings (SSSR count). The zero-order valence-corrected chi connectivity index (χ0v) is 16.8. The third-order valence-corrected chi connectivity index (χ3v) is 4.41. The van der Waals surface area contributed by atoms with Crippen molar-refractivity contribution in [3.63, 3.8) is 0 Å². The number of pyridine rings is 1. The molecule has 0 unspecified atom stereocenters. The Morgan fingerprint density at radius 3 is 2.34 bits per heavy atom. The van der Waals surface area contributed by atoms with Crippen LogP contribution in [0.4, 0.5) is 15.9 Å². The van der Waals surface area contributed by atoms with Gasteiger partial charge in [-0.1, -0.05) is 30.3 Å². The van der Waals surface area contributed by atoms with Gasteiger partial charge < -0.3 is 21.9 Å². The molecule has 164 valence electrons. The van der Waals surface area contributed by atoms with Gasteiger partial charge in [0.2, 0.25) is 17.7 Å². The van der Waals surface area contributed by atoms with Gasteiger partial charge >= 0.3 is 0 Å². The Bertz CT molecular complexity index is 1160. The van der Waals surface area contributed by atoms with Crippen LogP contribution in [0, 0.1) is 5.82 Å². The first-order chi connectivity index (χ1) is 15.3. The molecule has 1 aromatic heterocycles. The number of aromatic nitrogens is 1. The summed E-state index contributed by atoms with van der Waals surface area (Å²) in [5, 5.41) is 0. The molecule has 10 heteroatoms. The van der Waals surface area contributed by atoms with E-state index in [9.17, 15) is 18.8 Å². The highest BCUT2D eigenvalue weighted by Crippen LogP contribution is 2.33. The average molecular weight is 437 g/mol. The number of rotatable bonds is 8. The van der Waals surface area contributed by atoms with Crippen LogP contribution < -0.4 is 26.8 Å². The van der Waals surface area contributed by atoms with E-state index in [4.69, 9.17) is 21.9 Å². The zero-order chi connectivity index (χ0) is 23.3. The van der Waals surface area contributed by atoms with Crippen molar-refractivity contribution < 1.29 is 23.5 Å². The van der Waals surface area contributed by atoms with E-state index in [-0.39, 0.29) is 23.0 Å². The van der Waals surface area contributed by atoms with E-state index in [2.05, 4.69) is 4.98 Å². The summed E-state index contributed by atoms with van der Waals surface area (Å²) in [6.45, 7) is 0. The lowest BCUT2D eigenvalue weighted by atomic mass is 10.0. The first-order valence-corrected chi connectivity index (χ1v) is 9.40. The first kappa shape index (κ1) is 22.2. The van der Waals surface area contributed by atoms with Crippen molar-refractivity contribution >= 4 is 29.2 Å². The number of nitrogens with two attached hydrogens (primary N) is 3. The van der Waals surface area contributed by atoms with Crippen LogP contribution in [0.15, 0.2) is 66.9 Å². The largest absolute Gasteiger partial charge is 0.454 e. The molecule has 0 spiro atoms. The molecule has 0 aliphatic heterocycles. The van der Waals surface area contributed by atoms with E-state index < -0.39 is 36.0 Å². The van der Waals surface area contributed by atoms with Crippen molar-refractivity contribution in [1.29, 1.82) is 0 Å². The van der Waals surface area contributed by atoms with Gasteiger partial charge in [-0.25, -0.2) is 9.37 Å². The average Bonchev–Trinajstić information content (AvgIpc) is 2.73. The highest BCUT2D eigenvalue weighted by Gasteiger charge is 2.32. The summed E-state index contributed by atoms with van der Waals surface area (Å²) in [5.41, 5.74) is 16.7. The second kappa shape index (κ2) is 9.56. The summed E-state index contributed by atoms with van der Waals surface area (Å²) in [6.07, 6.45) is 0.700. The van der Waals surface area contributed by atoms with E-state index in [0.29, 0.717) is 5.56 Å². The number of nitrogens with zero attached hydrogens (tertiary/aromatic N) is 2. The molecule has 0 saturated heterocycles. The number of benzene rings is 2. The Labute approximate surface area is 182 Å². The van der Waals surface area contributed by atoms with E-state index in [1.165, 1.54) is 30.5 Å². The maximum absolute atomic E-state index is 14.9. The minimum Gasteiger partial charge on any atom is -0.454 e. The highest BCUT2D eigenvalue weighted by atomic mass is 19.1. The maximum Gasteiger partial charge on any atom is 0.245 e. The van der Waals surface area contributed by atoms with Gasteiger partial charge in [0, 0.05) is 24.0 Å². The van der Waals surface area contributed by atoms with Crippen LogP contribution in [0.25, 0.3) is 0 Å². The number of ether oxygens (including phenoxy) is 1. The molecule has 0 saturated carbocycles. The van der Waals surface area contributed by atoms with Crippen molar-refractivity contribution in [2.75, 3.05) is 10.6 Å². The molecule has 0 aliphatic carbocycles. The summed E-state index contributed by atoms with van der Waals surface area (Å²) in [7, 11) is 0. The molecular formula is C22H20FN5O4. The predicted octanol–water partition coefficient (Wildman–Crippen LogP) is 2.03. The second-order valence-electron chi connectivity index (χ2n) is 6.76. The molecule has 3 amide bonds. The quantitative estimate of drug-likeness (QED) is 0.458. The van der Waals surface area contributed by atoms with Gasteiger partial charge in [-0.3, -0.25) is 19.3 Å². The SMILES string of the molecule is NC(=O)CC(=O)N(c1ccc(Oc2ccnc(N)c2)c(F)c1)[C@H](C(N)=O)c1ccccc1. The van der Waals surface area contributed by atoms with Gasteiger partial charge in [0.05, 0.1) is 0 Å². The molecule has 32 heavy (non-hydrogen) atoms. The van der Waals surface area contributed by atoms with Gasteiger partial charge in [0.25, 0.3) is 0 Å². The van der Waals surface area contributed by atoms with Crippen LogP contribution in [0.3, 0.4) is 0 Å². The summed E-state index contributed by atoms with van der Waals surface area (Å²) in [6, 6.07) is 13.4. The minimum atomic E-state index is -1.30. The molecule has 0 aliphatic rings. The number of hydrogen-bond acceptors (Lipinski definition) is 6. The molecule has 0 bridgehead atoms. The number of carbonyl (C=O) groups excluding carboxylic acids is 3.